The summed E-state index contributed by atoms with van der Waals surface area (Å²) in [6.07, 6.45) is 5.12. The second kappa shape index (κ2) is 7.61. The molecule has 3 aromatic rings. The number of hydrogen-bond donors (Lipinski definition) is 2. The lowest BCUT2D eigenvalue weighted by atomic mass is 10.1. The van der Waals surface area contributed by atoms with E-state index in [9.17, 15) is 9.90 Å². The smallest absolute Gasteiger partial charge is 0.251 e. The van der Waals surface area contributed by atoms with Gasteiger partial charge in [0.25, 0.3) is 5.91 Å². The number of aromatic nitrogens is 3. The molecule has 2 aromatic heterocycles. The van der Waals surface area contributed by atoms with E-state index in [1.54, 1.807) is 35.9 Å². The van der Waals surface area contributed by atoms with Crippen LogP contribution in [-0.4, -0.2) is 26.0 Å². The van der Waals surface area contributed by atoms with Crippen molar-refractivity contribution >= 4 is 17.2 Å². The molecule has 0 aliphatic heterocycles. The standard InChI is InChI=1S/C19H20N4O2S/c1-11(2)17-10-23-19(26-17)14-4-13(5-16(24)6-14)18(25)22-9-15-8-20-12(3)7-21-15/h4-8,10-11,24H,9H2,1-3H3,(H,22,25). The first-order chi connectivity index (χ1) is 12.4. The number of amides is 1. The van der Waals surface area contributed by atoms with E-state index in [1.165, 1.54) is 6.07 Å². The van der Waals surface area contributed by atoms with Gasteiger partial charge in [-0.1, -0.05) is 13.8 Å². The molecule has 0 aliphatic carbocycles. The molecule has 0 saturated carbocycles. The molecule has 0 aliphatic rings. The molecule has 0 bridgehead atoms. The highest BCUT2D eigenvalue weighted by Crippen LogP contribution is 2.31. The maximum Gasteiger partial charge on any atom is 0.251 e. The van der Waals surface area contributed by atoms with Crippen molar-refractivity contribution in [3.63, 3.8) is 0 Å². The number of carbonyl (C=O) groups is 1. The highest BCUT2D eigenvalue weighted by molar-refractivity contribution is 7.15. The van der Waals surface area contributed by atoms with Crippen molar-refractivity contribution in [2.45, 2.75) is 33.2 Å². The number of phenols is 1. The minimum absolute atomic E-state index is 0.0316. The lowest BCUT2D eigenvalue weighted by Crippen LogP contribution is -2.23. The Labute approximate surface area is 156 Å². The molecule has 134 valence electrons. The van der Waals surface area contributed by atoms with E-state index in [4.69, 9.17) is 0 Å². The molecule has 3 rings (SSSR count). The molecule has 1 amide bonds. The third-order valence-corrected chi connectivity index (χ3v) is 5.13. The highest BCUT2D eigenvalue weighted by atomic mass is 32.1. The zero-order valence-electron chi connectivity index (χ0n) is 14.9. The first-order valence-electron chi connectivity index (χ1n) is 8.28. The van der Waals surface area contributed by atoms with Crippen LogP contribution < -0.4 is 5.32 Å². The number of thiazole rings is 1. The van der Waals surface area contributed by atoms with Crippen LogP contribution in [-0.2, 0) is 6.54 Å². The number of rotatable bonds is 5. The van der Waals surface area contributed by atoms with Crippen LogP contribution in [0.1, 0.15) is 46.4 Å². The molecule has 0 saturated heterocycles. The maximum atomic E-state index is 12.4. The Morgan fingerprint density at radius 3 is 2.62 bits per heavy atom. The third-order valence-electron chi connectivity index (χ3n) is 3.78. The Morgan fingerprint density at radius 1 is 1.15 bits per heavy atom. The number of carbonyl (C=O) groups excluding carboxylic acids is 1. The van der Waals surface area contributed by atoms with Gasteiger partial charge in [-0.3, -0.25) is 14.8 Å². The van der Waals surface area contributed by atoms with Gasteiger partial charge < -0.3 is 10.4 Å². The predicted molar refractivity (Wildman–Crippen MR) is 101 cm³/mol. The van der Waals surface area contributed by atoms with Gasteiger partial charge in [-0.25, -0.2) is 4.98 Å². The minimum atomic E-state index is -0.287. The highest BCUT2D eigenvalue weighted by Gasteiger charge is 2.13. The Morgan fingerprint density at radius 2 is 1.96 bits per heavy atom. The van der Waals surface area contributed by atoms with Crippen LogP contribution in [0.2, 0.25) is 0 Å². The monoisotopic (exact) mass is 368 g/mol. The lowest BCUT2D eigenvalue weighted by Gasteiger charge is -2.07. The molecule has 2 heterocycles. The van der Waals surface area contributed by atoms with Crippen molar-refractivity contribution < 1.29 is 9.90 Å². The summed E-state index contributed by atoms with van der Waals surface area (Å²) in [5.74, 6) is 0.131. The quantitative estimate of drug-likeness (QED) is 0.717. The SMILES string of the molecule is Cc1cnc(CNC(=O)c2cc(O)cc(-c3ncc(C(C)C)s3)c2)cn1. The van der Waals surface area contributed by atoms with Crippen LogP contribution in [0.4, 0.5) is 0 Å². The number of aromatic hydroxyl groups is 1. The number of aryl methyl sites for hydroxylation is 1. The van der Waals surface area contributed by atoms with Crippen molar-refractivity contribution in [2.75, 3.05) is 0 Å². The van der Waals surface area contributed by atoms with Crippen molar-refractivity contribution in [1.82, 2.24) is 20.3 Å². The molecule has 6 nitrogen and oxygen atoms in total. The van der Waals surface area contributed by atoms with E-state index in [0.717, 1.165) is 21.1 Å². The Bertz CT molecular complexity index is 920. The summed E-state index contributed by atoms with van der Waals surface area (Å²) in [5, 5.41) is 13.6. The summed E-state index contributed by atoms with van der Waals surface area (Å²) in [6, 6.07) is 4.79. The van der Waals surface area contributed by atoms with Crippen molar-refractivity contribution in [3.8, 4) is 16.3 Å². The molecule has 2 N–H and O–H groups in total. The first-order valence-corrected chi connectivity index (χ1v) is 9.10. The Balaban J connectivity index is 1.77. The van der Waals surface area contributed by atoms with Crippen molar-refractivity contribution in [3.05, 3.63) is 58.6 Å². The van der Waals surface area contributed by atoms with Crippen LogP contribution in [0, 0.1) is 6.92 Å². The molecule has 0 spiro atoms. The molecular weight excluding hydrogens is 348 g/mol. The van der Waals surface area contributed by atoms with Gasteiger partial charge in [0.1, 0.15) is 10.8 Å². The van der Waals surface area contributed by atoms with Gasteiger partial charge in [-0.2, -0.15) is 0 Å². The van der Waals surface area contributed by atoms with Crippen molar-refractivity contribution in [2.24, 2.45) is 0 Å². The van der Waals surface area contributed by atoms with Crippen LogP contribution in [0.25, 0.3) is 10.6 Å². The van der Waals surface area contributed by atoms with Gasteiger partial charge in [0.05, 0.1) is 24.1 Å². The lowest BCUT2D eigenvalue weighted by molar-refractivity contribution is 0.0950. The number of phenolic OH excluding ortho intramolecular Hbond substituents is 1. The van der Waals surface area contributed by atoms with Gasteiger partial charge in [0.2, 0.25) is 0 Å². The average molecular weight is 368 g/mol. The van der Waals surface area contributed by atoms with E-state index in [0.29, 0.717) is 17.2 Å². The maximum absolute atomic E-state index is 12.4. The van der Waals surface area contributed by atoms with Crippen LogP contribution in [0.5, 0.6) is 5.75 Å². The van der Waals surface area contributed by atoms with Crippen molar-refractivity contribution in [1.29, 1.82) is 0 Å². The van der Waals surface area contributed by atoms with Gasteiger partial charge in [-0.15, -0.1) is 11.3 Å². The Kier molecular flexibility index (Phi) is 5.27. The van der Waals surface area contributed by atoms with E-state index >= 15 is 0 Å². The molecule has 1 aromatic carbocycles. The fourth-order valence-electron chi connectivity index (χ4n) is 2.34. The molecule has 0 unspecified atom stereocenters. The first kappa shape index (κ1) is 18.0. The van der Waals surface area contributed by atoms with E-state index < -0.39 is 0 Å². The van der Waals surface area contributed by atoms with E-state index in [1.807, 2.05) is 13.1 Å². The molecule has 26 heavy (non-hydrogen) atoms. The summed E-state index contributed by atoms with van der Waals surface area (Å²) >= 11 is 1.56. The van der Waals surface area contributed by atoms with E-state index in [2.05, 4.69) is 34.1 Å². The van der Waals surface area contributed by atoms with Gasteiger partial charge in [-0.05, 0) is 31.0 Å². The largest absolute Gasteiger partial charge is 0.508 e. The molecule has 0 atom stereocenters. The van der Waals surface area contributed by atoms with Gasteiger partial charge in [0, 0.05) is 28.4 Å². The number of hydrogen-bond acceptors (Lipinski definition) is 6. The zero-order chi connectivity index (χ0) is 18.7. The second-order valence-corrected chi connectivity index (χ2v) is 7.39. The summed E-state index contributed by atoms with van der Waals surface area (Å²) in [4.78, 5) is 26.4. The van der Waals surface area contributed by atoms with Gasteiger partial charge in [0.15, 0.2) is 0 Å². The normalized spacial score (nSPS) is 10.9. The van der Waals surface area contributed by atoms with Crippen LogP contribution in [0.15, 0.2) is 36.8 Å². The summed E-state index contributed by atoms with van der Waals surface area (Å²) < 4.78 is 0. The fraction of sp³-hybridized carbons (Fsp3) is 0.263. The second-order valence-electron chi connectivity index (χ2n) is 6.32. The number of benzene rings is 1. The summed E-state index contributed by atoms with van der Waals surface area (Å²) in [5.41, 5.74) is 2.59. The zero-order valence-corrected chi connectivity index (χ0v) is 15.7. The van der Waals surface area contributed by atoms with E-state index in [-0.39, 0.29) is 18.2 Å². The summed E-state index contributed by atoms with van der Waals surface area (Å²) in [7, 11) is 0. The topological polar surface area (TPSA) is 88.0 Å². The molecule has 0 fully saturated rings. The minimum Gasteiger partial charge on any atom is -0.508 e. The summed E-state index contributed by atoms with van der Waals surface area (Å²) in [6.45, 7) is 6.33. The third kappa shape index (κ3) is 4.23. The fourth-order valence-corrected chi connectivity index (χ4v) is 3.24. The van der Waals surface area contributed by atoms with Gasteiger partial charge >= 0.3 is 0 Å². The number of nitrogens with one attached hydrogen (secondary N) is 1. The molecule has 0 radical (unpaired) electrons. The average Bonchev–Trinajstić information content (AvgIpc) is 3.11. The molecule has 7 heteroatoms. The van der Waals surface area contributed by atoms with Crippen LogP contribution >= 0.6 is 11.3 Å². The Hall–Kier alpha value is -2.80. The molecular formula is C19H20N4O2S. The predicted octanol–water partition coefficient (Wildman–Crippen LogP) is 3.67. The number of nitrogens with zero attached hydrogens (tertiary/aromatic N) is 3. The van der Waals surface area contributed by atoms with Crippen LogP contribution in [0.3, 0.4) is 0 Å².